The van der Waals surface area contributed by atoms with Crippen LogP contribution in [-0.4, -0.2) is 59.7 Å². The van der Waals surface area contributed by atoms with Crippen LogP contribution in [0.3, 0.4) is 0 Å². The van der Waals surface area contributed by atoms with Gasteiger partial charge in [0.25, 0.3) is 17.3 Å². The second kappa shape index (κ2) is 7.53. The summed E-state index contributed by atoms with van der Waals surface area (Å²) in [5.74, 6) is -2.27. The predicted octanol–water partition coefficient (Wildman–Crippen LogP) is 0.154. The molecule has 1 aliphatic heterocycles. The Hall–Kier alpha value is -3.28. The van der Waals surface area contributed by atoms with E-state index in [1.807, 2.05) is 5.32 Å². The van der Waals surface area contributed by atoms with Crippen molar-refractivity contribution in [2.24, 2.45) is 0 Å². The molecule has 1 saturated heterocycles. The highest BCUT2D eigenvalue weighted by Crippen LogP contribution is 2.39. The van der Waals surface area contributed by atoms with E-state index < -0.39 is 39.6 Å². The van der Waals surface area contributed by atoms with Crippen LogP contribution in [0.1, 0.15) is 10.4 Å². The number of carbonyl (C=O) groups is 2. The Balaban J connectivity index is 2.51. The van der Waals surface area contributed by atoms with E-state index in [0.717, 1.165) is 12.1 Å². The number of nitro benzene ring substituents is 2. The molecule has 0 unspecified atom stereocenters. The molecule has 1 aromatic rings. The van der Waals surface area contributed by atoms with E-state index in [9.17, 15) is 29.8 Å². The third-order valence-electron chi connectivity index (χ3n) is 3.45. The number of aliphatic carboxylic acids is 1. The van der Waals surface area contributed by atoms with Gasteiger partial charge >= 0.3 is 5.97 Å². The van der Waals surface area contributed by atoms with Crippen LogP contribution in [0.2, 0.25) is 0 Å². The summed E-state index contributed by atoms with van der Waals surface area (Å²) in [6.07, 6.45) is 0. The molecule has 1 aliphatic rings. The van der Waals surface area contributed by atoms with Crippen LogP contribution in [0.25, 0.3) is 0 Å². The fourth-order valence-corrected chi connectivity index (χ4v) is 2.38. The molecule has 1 fully saturated rings. The first-order valence-electron chi connectivity index (χ1n) is 7.10. The fourth-order valence-electron chi connectivity index (χ4n) is 2.38. The molecule has 0 radical (unpaired) electrons. The zero-order chi connectivity index (χ0) is 18.6. The van der Waals surface area contributed by atoms with E-state index in [1.165, 1.54) is 4.90 Å². The third kappa shape index (κ3) is 4.17. The van der Waals surface area contributed by atoms with E-state index in [4.69, 9.17) is 9.84 Å². The smallest absolute Gasteiger partial charge is 0.322 e. The Labute approximate surface area is 140 Å². The van der Waals surface area contributed by atoms with Crippen molar-refractivity contribution in [2.75, 3.05) is 37.7 Å². The van der Waals surface area contributed by atoms with Gasteiger partial charge in [-0.2, -0.15) is 0 Å². The van der Waals surface area contributed by atoms with Crippen molar-refractivity contribution in [1.82, 2.24) is 5.32 Å². The van der Waals surface area contributed by atoms with Crippen molar-refractivity contribution in [3.63, 3.8) is 0 Å². The number of nitrogens with one attached hydrogen (secondary N) is 1. The number of nitrogens with zero attached hydrogens (tertiary/aromatic N) is 3. The molecule has 2 rings (SSSR count). The van der Waals surface area contributed by atoms with Gasteiger partial charge in [0.2, 0.25) is 0 Å². The van der Waals surface area contributed by atoms with Gasteiger partial charge < -0.3 is 20.1 Å². The lowest BCUT2D eigenvalue weighted by atomic mass is 10.1. The maximum absolute atomic E-state index is 11.9. The number of hydrogen-bond donors (Lipinski definition) is 2. The summed E-state index contributed by atoms with van der Waals surface area (Å²) in [4.78, 5) is 45.0. The van der Waals surface area contributed by atoms with Crippen LogP contribution in [0.4, 0.5) is 17.1 Å². The number of benzene rings is 1. The summed E-state index contributed by atoms with van der Waals surface area (Å²) in [5, 5.41) is 33.3. The second-order valence-electron chi connectivity index (χ2n) is 5.05. The summed E-state index contributed by atoms with van der Waals surface area (Å²) in [6.45, 7) is 0.258. The molecule has 1 amide bonds. The van der Waals surface area contributed by atoms with E-state index in [0.29, 0.717) is 0 Å². The number of amides is 1. The molecule has 1 heterocycles. The topological polar surface area (TPSA) is 165 Å². The largest absolute Gasteiger partial charge is 0.480 e. The van der Waals surface area contributed by atoms with Gasteiger partial charge in [-0.25, -0.2) is 0 Å². The van der Waals surface area contributed by atoms with Gasteiger partial charge in [-0.15, -0.1) is 0 Å². The number of ether oxygens (including phenoxy) is 1. The summed E-state index contributed by atoms with van der Waals surface area (Å²) < 4.78 is 5.14. The van der Waals surface area contributed by atoms with Crippen LogP contribution >= 0.6 is 0 Å². The molecule has 12 heteroatoms. The number of carbonyl (C=O) groups excluding carboxylic acids is 1. The first-order valence-corrected chi connectivity index (χ1v) is 7.10. The molecule has 0 saturated carbocycles. The molecule has 0 spiro atoms. The Morgan fingerprint density at radius 2 is 1.68 bits per heavy atom. The Morgan fingerprint density at radius 3 is 2.12 bits per heavy atom. The van der Waals surface area contributed by atoms with Crippen molar-refractivity contribution in [3.05, 3.63) is 37.9 Å². The number of morpholine rings is 1. The minimum Gasteiger partial charge on any atom is -0.480 e. The summed E-state index contributed by atoms with van der Waals surface area (Å²) in [5.41, 5.74) is -1.77. The SMILES string of the molecule is O=C(O)CNC(=O)c1cc([N+](=O)[O-])c(N2CCOCC2)c([N+](=O)[O-])c1. The zero-order valence-electron chi connectivity index (χ0n) is 12.8. The maximum atomic E-state index is 11.9. The average molecular weight is 354 g/mol. The van der Waals surface area contributed by atoms with Crippen LogP contribution in [0, 0.1) is 20.2 Å². The third-order valence-corrected chi connectivity index (χ3v) is 3.45. The van der Waals surface area contributed by atoms with Gasteiger partial charge in [-0.1, -0.05) is 0 Å². The highest BCUT2D eigenvalue weighted by Gasteiger charge is 2.33. The Kier molecular flexibility index (Phi) is 5.44. The standard InChI is InChI=1S/C13H14N4O8/c18-11(19)7-14-13(20)8-5-9(16(21)22)12(10(6-8)17(23)24)15-1-3-25-4-2-15/h5-6H,1-4,7H2,(H,14,20)(H,18,19). The molecule has 12 nitrogen and oxygen atoms in total. The van der Waals surface area contributed by atoms with Crippen LogP contribution < -0.4 is 10.2 Å². The summed E-state index contributed by atoms with van der Waals surface area (Å²) >= 11 is 0. The lowest BCUT2D eigenvalue weighted by Gasteiger charge is -2.28. The predicted molar refractivity (Wildman–Crippen MR) is 82.8 cm³/mol. The van der Waals surface area contributed by atoms with Crippen molar-refractivity contribution >= 4 is 28.9 Å². The van der Waals surface area contributed by atoms with Gasteiger partial charge in [0.15, 0.2) is 5.69 Å². The van der Waals surface area contributed by atoms with E-state index in [-0.39, 0.29) is 37.6 Å². The molecule has 2 N–H and O–H groups in total. The van der Waals surface area contributed by atoms with Crippen molar-refractivity contribution in [2.45, 2.75) is 0 Å². The number of nitro groups is 2. The minimum absolute atomic E-state index is 0.201. The quantitative estimate of drug-likeness (QED) is 0.534. The normalized spacial score (nSPS) is 14.0. The average Bonchev–Trinajstić information content (AvgIpc) is 2.59. The lowest BCUT2D eigenvalue weighted by Crippen LogP contribution is -2.37. The van der Waals surface area contributed by atoms with E-state index >= 15 is 0 Å². The molecule has 0 aromatic heterocycles. The number of rotatable bonds is 6. The monoisotopic (exact) mass is 354 g/mol. The summed E-state index contributed by atoms with van der Waals surface area (Å²) in [7, 11) is 0. The number of hydrogen-bond acceptors (Lipinski definition) is 8. The maximum Gasteiger partial charge on any atom is 0.322 e. The number of carboxylic acids is 1. The molecule has 1 aromatic carbocycles. The first-order chi connectivity index (χ1) is 11.8. The highest BCUT2D eigenvalue weighted by atomic mass is 16.6. The molecule has 0 aliphatic carbocycles. The van der Waals surface area contributed by atoms with Gasteiger partial charge in [0.05, 0.1) is 28.6 Å². The zero-order valence-corrected chi connectivity index (χ0v) is 12.8. The van der Waals surface area contributed by atoms with Crippen LogP contribution in [0.15, 0.2) is 12.1 Å². The molecular formula is C13H14N4O8. The lowest BCUT2D eigenvalue weighted by molar-refractivity contribution is -0.392. The van der Waals surface area contributed by atoms with E-state index in [1.54, 1.807) is 0 Å². The molecular weight excluding hydrogens is 340 g/mol. The highest BCUT2D eigenvalue weighted by molar-refractivity contribution is 5.98. The molecule has 134 valence electrons. The van der Waals surface area contributed by atoms with Gasteiger partial charge in [0, 0.05) is 25.2 Å². The van der Waals surface area contributed by atoms with Crippen LogP contribution in [0.5, 0.6) is 0 Å². The number of carboxylic acid groups (broad SMARTS) is 1. The first kappa shape index (κ1) is 18.1. The molecule has 25 heavy (non-hydrogen) atoms. The Morgan fingerprint density at radius 1 is 1.16 bits per heavy atom. The van der Waals surface area contributed by atoms with Gasteiger partial charge in [0.1, 0.15) is 6.54 Å². The van der Waals surface area contributed by atoms with Crippen molar-refractivity contribution in [3.8, 4) is 0 Å². The summed E-state index contributed by atoms with van der Waals surface area (Å²) in [6, 6.07) is 1.80. The minimum atomic E-state index is -1.32. The van der Waals surface area contributed by atoms with Crippen molar-refractivity contribution < 1.29 is 29.3 Å². The van der Waals surface area contributed by atoms with Crippen LogP contribution in [-0.2, 0) is 9.53 Å². The fraction of sp³-hybridized carbons (Fsp3) is 0.385. The van der Waals surface area contributed by atoms with Gasteiger partial charge in [-0.3, -0.25) is 29.8 Å². The van der Waals surface area contributed by atoms with E-state index in [2.05, 4.69) is 0 Å². The van der Waals surface area contributed by atoms with Gasteiger partial charge in [-0.05, 0) is 0 Å². The second-order valence-corrected chi connectivity index (χ2v) is 5.05. The number of anilines is 1. The molecule has 0 atom stereocenters. The molecule has 0 bridgehead atoms. The Bertz CT molecular complexity index is 694. The van der Waals surface area contributed by atoms with Crippen molar-refractivity contribution in [1.29, 1.82) is 0 Å².